The zero-order chi connectivity index (χ0) is 21.7. The van der Waals surface area contributed by atoms with Gasteiger partial charge in [0.1, 0.15) is 5.69 Å². The third-order valence-corrected chi connectivity index (χ3v) is 6.53. The van der Waals surface area contributed by atoms with Crippen molar-refractivity contribution >= 4 is 5.91 Å². The van der Waals surface area contributed by atoms with Crippen molar-refractivity contribution < 1.29 is 4.79 Å². The molecule has 5 nitrogen and oxygen atoms in total. The summed E-state index contributed by atoms with van der Waals surface area (Å²) in [5, 5.41) is 4.38. The molecule has 2 heterocycles. The molecule has 0 N–H and O–H groups in total. The molecule has 1 unspecified atom stereocenters. The molecule has 1 atom stereocenters. The summed E-state index contributed by atoms with van der Waals surface area (Å²) in [6.45, 7) is 9.99. The minimum absolute atomic E-state index is 0.0706. The zero-order valence-corrected chi connectivity index (χ0v) is 19.3. The van der Waals surface area contributed by atoms with E-state index in [9.17, 15) is 4.79 Å². The van der Waals surface area contributed by atoms with Crippen molar-refractivity contribution in [1.29, 1.82) is 0 Å². The first-order chi connectivity index (χ1) is 14.3. The van der Waals surface area contributed by atoms with Gasteiger partial charge in [-0.25, -0.2) is 0 Å². The number of likely N-dealkylation sites (tertiary alicyclic amines) is 1. The number of piperidine rings is 1. The number of aromatic nitrogens is 2. The molecule has 0 aliphatic carbocycles. The Morgan fingerprint density at radius 1 is 1.20 bits per heavy atom. The van der Waals surface area contributed by atoms with Gasteiger partial charge in [0.25, 0.3) is 5.91 Å². The highest BCUT2D eigenvalue weighted by atomic mass is 16.2. The Labute approximate surface area is 182 Å². The predicted octanol–water partition coefficient (Wildman–Crippen LogP) is 4.17. The van der Waals surface area contributed by atoms with E-state index in [4.69, 9.17) is 0 Å². The van der Waals surface area contributed by atoms with Crippen LogP contribution in [-0.2, 0) is 13.5 Å². The third-order valence-electron chi connectivity index (χ3n) is 6.53. The summed E-state index contributed by atoms with van der Waals surface area (Å²) in [7, 11) is 3.83. The third kappa shape index (κ3) is 5.72. The normalized spacial score (nSPS) is 16.7. The molecule has 3 rings (SSSR count). The largest absolute Gasteiger partial charge is 0.337 e. The molecular formula is C25H38N4O. The fraction of sp³-hybridized carbons (Fsp3) is 0.600. The smallest absolute Gasteiger partial charge is 0.272 e. The maximum atomic E-state index is 13.3. The molecule has 0 bridgehead atoms. The topological polar surface area (TPSA) is 41.4 Å². The fourth-order valence-corrected chi connectivity index (χ4v) is 4.62. The van der Waals surface area contributed by atoms with Crippen molar-refractivity contribution in [2.24, 2.45) is 18.9 Å². The summed E-state index contributed by atoms with van der Waals surface area (Å²) in [5.41, 5.74) is 2.85. The lowest BCUT2D eigenvalue weighted by Crippen LogP contribution is -2.48. The average Bonchev–Trinajstić information content (AvgIpc) is 3.08. The molecule has 164 valence electrons. The first-order valence-corrected chi connectivity index (χ1v) is 11.4. The lowest BCUT2D eigenvalue weighted by Gasteiger charge is -2.40. The van der Waals surface area contributed by atoms with Gasteiger partial charge >= 0.3 is 0 Å². The van der Waals surface area contributed by atoms with Gasteiger partial charge < -0.3 is 9.80 Å². The van der Waals surface area contributed by atoms with Crippen LogP contribution in [0.15, 0.2) is 36.4 Å². The van der Waals surface area contributed by atoms with Crippen molar-refractivity contribution in [2.75, 3.05) is 26.7 Å². The Morgan fingerprint density at radius 3 is 2.43 bits per heavy atom. The van der Waals surface area contributed by atoms with Crippen LogP contribution in [0.4, 0.5) is 0 Å². The summed E-state index contributed by atoms with van der Waals surface area (Å²) in [4.78, 5) is 17.9. The molecule has 0 spiro atoms. The molecule has 1 aliphatic heterocycles. The van der Waals surface area contributed by atoms with E-state index in [0.717, 1.165) is 44.0 Å². The Hall–Kier alpha value is -2.14. The highest BCUT2D eigenvalue weighted by Crippen LogP contribution is 2.27. The van der Waals surface area contributed by atoms with Gasteiger partial charge in [-0.15, -0.1) is 0 Å². The van der Waals surface area contributed by atoms with Crippen molar-refractivity contribution in [2.45, 2.75) is 52.5 Å². The van der Waals surface area contributed by atoms with Crippen molar-refractivity contribution in [3.63, 3.8) is 0 Å². The molecule has 5 heteroatoms. The molecule has 30 heavy (non-hydrogen) atoms. The van der Waals surface area contributed by atoms with Crippen LogP contribution < -0.4 is 0 Å². The van der Waals surface area contributed by atoms with E-state index in [1.165, 1.54) is 18.5 Å². The van der Waals surface area contributed by atoms with Crippen LogP contribution in [0.1, 0.15) is 54.9 Å². The maximum absolute atomic E-state index is 13.3. The second-order valence-corrected chi connectivity index (χ2v) is 9.33. The van der Waals surface area contributed by atoms with Gasteiger partial charge in [0.2, 0.25) is 0 Å². The summed E-state index contributed by atoms with van der Waals surface area (Å²) in [6.07, 6.45) is 4.46. The van der Waals surface area contributed by atoms with Gasteiger partial charge in [0.15, 0.2) is 0 Å². The summed E-state index contributed by atoms with van der Waals surface area (Å²) in [6, 6.07) is 12.7. The van der Waals surface area contributed by atoms with Crippen LogP contribution in [0.3, 0.4) is 0 Å². The molecule has 1 saturated heterocycles. The lowest BCUT2D eigenvalue weighted by atomic mass is 9.84. The minimum atomic E-state index is 0.0706. The molecule has 1 aliphatic rings. The van der Waals surface area contributed by atoms with Crippen LogP contribution in [0.5, 0.6) is 0 Å². The standard InChI is InChI=1S/C25H38N4O/c1-19(2)11-14-29-15-12-22(13-16-29)23(18-21-9-7-6-8-10-21)27(4)25(30)24-17-20(3)26-28(24)5/h6-10,17,19,22-23H,11-16,18H2,1-5H3. The van der Waals surface area contributed by atoms with Crippen LogP contribution in [0.25, 0.3) is 0 Å². The van der Waals surface area contributed by atoms with Crippen LogP contribution in [0, 0.1) is 18.8 Å². The second-order valence-electron chi connectivity index (χ2n) is 9.33. The predicted molar refractivity (Wildman–Crippen MR) is 123 cm³/mol. The van der Waals surface area contributed by atoms with E-state index in [2.05, 4.69) is 54.2 Å². The van der Waals surface area contributed by atoms with E-state index in [1.54, 1.807) is 4.68 Å². The number of hydrogen-bond acceptors (Lipinski definition) is 3. The summed E-state index contributed by atoms with van der Waals surface area (Å²) < 4.78 is 1.71. The highest BCUT2D eigenvalue weighted by Gasteiger charge is 2.32. The van der Waals surface area contributed by atoms with Crippen molar-refractivity contribution in [3.05, 3.63) is 53.3 Å². The molecule has 1 aromatic carbocycles. The zero-order valence-electron chi connectivity index (χ0n) is 19.3. The van der Waals surface area contributed by atoms with E-state index in [1.807, 2.05) is 32.0 Å². The van der Waals surface area contributed by atoms with Gasteiger partial charge in [0, 0.05) is 20.1 Å². The van der Waals surface area contributed by atoms with Gasteiger partial charge in [0.05, 0.1) is 5.69 Å². The number of likely N-dealkylation sites (N-methyl/N-ethyl adjacent to an activating group) is 1. The van der Waals surface area contributed by atoms with E-state index < -0.39 is 0 Å². The summed E-state index contributed by atoms with van der Waals surface area (Å²) in [5.74, 6) is 1.34. The van der Waals surface area contributed by atoms with Gasteiger partial charge in [-0.2, -0.15) is 5.10 Å². The van der Waals surface area contributed by atoms with Crippen LogP contribution >= 0.6 is 0 Å². The average molecular weight is 411 g/mol. The van der Waals surface area contributed by atoms with Gasteiger partial charge in [-0.1, -0.05) is 44.2 Å². The molecule has 2 aromatic rings. The number of aryl methyl sites for hydroxylation is 2. The van der Waals surface area contributed by atoms with E-state index in [0.29, 0.717) is 11.6 Å². The van der Waals surface area contributed by atoms with E-state index in [-0.39, 0.29) is 11.9 Å². The minimum Gasteiger partial charge on any atom is -0.337 e. The molecular weight excluding hydrogens is 372 g/mol. The lowest BCUT2D eigenvalue weighted by molar-refractivity contribution is 0.0577. The number of amides is 1. The quantitative estimate of drug-likeness (QED) is 0.656. The second kappa shape index (κ2) is 10.3. The highest BCUT2D eigenvalue weighted by molar-refractivity contribution is 5.92. The number of benzene rings is 1. The number of rotatable bonds is 8. The molecule has 1 amide bonds. The Balaban J connectivity index is 1.74. The monoisotopic (exact) mass is 410 g/mol. The fourth-order valence-electron chi connectivity index (χ4n) is 4.62. The Bertz CT molecular complexity index is 806. The number of hydrogen-bond donors (Lipinski definition) is 0. The maximum Gasteiger partial charge on any atom is 0.272 e. The first-order valence-electron chi connectivity index (χ1n) is 11.4. The van der Waals surface area contributed by atoms with Gasteiger partial charge in [-0.05, 0) is 75.7 Å². The van der Waals surface area contributed by atoms with Crippen LogP contribution in [0.2, 0.25) is 0 Å². The number of carbonyl (C=O) groups is 1. The molecule has 0 saturated carbocycles. The van der Waals surface area contributed by atoms with Gasteiger partial charge in [-0.3, -0.25) is 9.48 Å². The summed E-state index contributed by atoms with van der Waals surface area (Å²) >= 11 is 0. The molecule has 1 fully saturated rings. The van der Waals surface area contributed by atoms with Crippen molar-refractivity contribution in [3.8, 4) is 0 Å². The Kier molecular flexibility index (Phi) is 7.70. The Morgan fingerprint density at radius 2 is 1.87 bits per heavy atom. The van der Waals surface area contributed by atoms with E-state index >= 15 is 0 Å². The first kappa shape index (κ1) is 22.5. The van der Waals surface area contributed by atoms with Crippen molar-refractivity contribution in [1.82, 2.24) is 19.6 Å². The number of nitrogens with zero attached hydrogens (tertiary/aromatic N) is 4. The number of carbonyl (C=O) groups excluding carboxylic acids is 1. The molecule has 0 radical (unpaired) electrons. The molecule has 1 aromatic heterocycles. The van der Waals surface area contributed by atoms with Crippen LogP contribution in [-0.4, -0.2) is 58.2 Å². The SMILES string of the molecule is Cc1cc(C(=O)N(C)C(Cc2ccccc2)C2CCN(CCC(C)C)CC2)n(C)n1.